The van der Waals surface area contributed by atoms with Gasteiger partial charge in [-0.05, 0) is 55.5 Å². The van der Waals surface area contributed by atoms with E-state index in [1.54, 1.807) is 24.5 Å². The molecule has 1 atom stereocenters. The molecule has 0 spiro atoms. The van der Waals surface area contributed by atoms with Gasteiger partial charge in [0, 0.05) is 10.9 Å². The smallest absolute Gasteiger partial charge is 0.313 e. The van der Waals surface area contributed by atoms with Crippen LogP contribution >= 0.6 is 11.3 Å². The summed E-state index contributed by atoms with van der Waals surface area (Å²) >= 11 is 1.71. The summed E-state index contributed by atoms with van der Waals surface area (Å²) in [4.78, 5) is 1.31. The van der Waals surface area contributed by atoms with Crippen molar-refractivity contribution in [1.82, 2.24) is 5.32 Å². The van der Waals surface area contributed by atoms with E-state index in [1.165, 1.54) is 17.0 Å². The normalized spacial score (nSPS) is 13.3. The lowest BCUT2D eigenvalue weighted by Crippen LogP contribution is -2.17. The van der Waals surface area contributed by atoms with Gasteiger partial charge in [0.05, 0.1) is 5.56 Å². The zero-order chi connectivity index (χ0) is 15.3. The highest BCUT2D eigenvalue weighted by Gasteiger charge is 2.30. The predicted molar refractivity (Wildman–Crippen MR) is 80.5 cm³/mol. The van der Waals surface area contributed by atoms with Crippen molar-refractivity contribution in [3.05, 3.63) is 57.8 Å². The maximum absolute atomic E-state index is 12.8. The Kier molecular flexibility index (Phi) is 5.42. The molecule has 114 valence electrons. The lowest BCUT2D eigenvalue weighted by molar-refractivity contribution is -0.137. The minimum Gasteiger partial charge on any atom is -0.313 e. The van der Waals surface area contributed by atoms with Crippen LogP contribution < -0.4 is 5.32 Å². The summed E-state index contributed by atoms with van der Waals surface area (Å²) in [5.74, 6) is 0. The van der Waals surface area contributed by atoms with E-state index in [0.29, 0.717) is 5.56 Å². The Labute approximate surface area is 126 Å². The Morgan fingerprint density at radius 3 is 2.62 bits per heavy atom. The number of thiophene rings is 1. The van der Waals surface area contributed by atoms with E-state index in [9.17, 15) is 13.2 Å². The standard InChI is InChI=1S/C16H18F3NS/c1-20-15(9-3-7-14-8-4-10-21-14)12-5-2-6-13(11-12)16(17,18)19/h2,4-6,8,10-11,15,20H,3,7,9H2,1H3. The van der Waals surface area contributed by atoms with Crippen molar-refractivity contribution >= 4 is 11.3 Å². The van der Waals surface area contributed by atoms with E-state index in [0.717, 1.165) is 25.3 Å². The maximum atomic E-state index is 12.8. The Morgan fingerprint density at radius 1 is 1.19 bits per heavy atom. The molecule has 2 rings (SSSR count). The number of hydrogen-bond donors (Lipinski definition) is 1. The van der Waals surface area contributed by atoms with E-state index in [4.69, 9.17) is 0 Å². The monoisotopic (exact) mass is 313 g/mol. The summed E-state index contributed by atoms with van der Waals surface area (Å²) < 4.78 is 38.3. The van der Waals surface area contributed by atoms with Crippen molar-refractivity contribution in [2.24, 2.45) is 0 Å². The van der Waals surface area contributed by atoms with Gasteiger partial charge in [-0.25, -0.2) is 0 Å². The van der Waals surface area contributed by atoms with Crippen LogP contribution in [0.15, 0.2) is 41.8 Å². The lowest BCUT2D eigenvalue weighted by atomic mass is 9.99. The van der Waals surface area contributed by atoms with Crippen molar-refractivity contribution in [3.8, 4) is 0 Å². The minimum absolute atomic E-state index is 0.0488. The molecule has 1 N–H and O–H groups in total. The molecule has 1 unspecified atom stereocenters. The highest BCUT2D eigenvalue weighted by molar-refractivity contribution is 7.09. The summed E-state index contributed by atoms with van der Waals surface area (Å²) in [6.07, 6.45) is -1.56. The molecule has 1 heterocycles. The van der Waals surface area contributed by atoms with Gasteiger partial charge in [0.2, 0.25) is 0 Å². The second kappa shape index (κ2) is 7.09. The molecule has 2 aromatic rings. The molecule has 21 heavy (non-hydrogen) atoms. The highest BCUT2D eigenvalue weighted by Crippen LogP contribution is 2.31. The van der Waals surface area contributed by atoms with Gasteiger partial charge in [-0.15, -0.1) is 11.3 Å². The molecule has 0 amide bonds. The maximum Gasteiger partial charge on any atom is 0.416 e. The quantitative estimate of drug-likeness (QED) is 0.787. The van der Waals surface area contributed by atoms with Crippen molar-refractivity contribution in [1.29, 1.82) is 0 Å². The second-order valence-electron chi connectivity index (χ2n) is 4.94. The van der Waals surface area contributed by atoms with Crippen molar-refractivity contribution in [2.75, 3.05) is 7.05 Å². The first-order valence-corrected chi connectivity index (χ1v) is 7.75. The molecule has 0 fully saturated rings. The van der Waals surface area contributed by atoms with Gasteiger partial charge in [0.15, 0.2) is 0 Å². The van der Waals surface area contributed by atoms with Gasteiger partial charge < -0.3 is 5.32 Å². The number of benzene rings is 1. The predicted octanol–water partition coefficient (Wildman–Crippen LogP) is 5.05. The lowest BCUT2D eigenvalue weighted by Gasteiger charge is -2.18. The summed E-state index contributed by atoms with van der Waals surface area (Å²) in [7, 11) is 1.79. The van der Waals surface area contributed by atoms with E-state index >= 15 is 0 Å². The van der Waals surface area contributed by atoms with Crippen LogP contribution in [0, 0.1) is 0 Å². The second-order valence-corrected chi connectivity index (χ2v) is 5.97. The molecule has 0 radical (unpaired) electrons. The number of aryl methyl sites for hydroxylation is 1. The summed E-state index contributed by atoms with van der Waals surface area (Å²) in [5.41, 5.74) is 0.108. The molecule has 5 heteroatoms. The Hall–Kier alpha value is -1.33. The average Bonchev–Trinajstić information content (AvgIpc) is 2.96. The zero-order valence-electron chi connectivity index (χ0n) is 11.8. The third kappa shape index (κ3) is 4.58. The third-order valence-corrected chi connectivity index (χ3v) is 4.40. The minimum atomic E-state index is -4.29. The van der Waals surface area contributed by atoms with Crippen LogP contribution in [0.4, 0.5) is 13.2 Å². The van der Waals surface area contributed by atoms with Crippen LogP contribution in [0.1, 0.15) is 34.9 Å². The van der Waals surface area contributed by atoms with Crippen LogP contribution in [0.5, 0.6) is 0 Å². The number of nitrogens with one attached hydrogen (secondary N) is 1. The van der Waals surface area contributed by atoms with Crippen LogP contribution in [0.3, 0.4) is 0 Å². The fraction of sp³-hybridized carbons (Fsp3) is 0.375. The molecule has 0 saturated carbocycles. The molecule has 1 nitrogen and oxygen atoms in total. The van der Waals surface area contributed by atoms with E-state index in [-0.39, 0.29) is 6.04 Å². The molecular weight excluding hydrogens is 295 g/mol. The fourth-order valence-electron chi connectivity index (χ4n) is 2.34. The number of halogens is 3. The van der Waals surface area contributed by atoms with Gasteiger partial charge in [0.25, 0.3) is 0 Å². The fourth-order valence-corrected chi connectivity index (χ4v) is 3.10. The van der Waals surface area contributed by atoms with Gasteiger partial charge in [0.1, 0.15) is 0 Å². The molecule has 0 aliphatic carbocycles. The number of rotatable bonds is 6. The molecule has 1 aromatic heterocycles. The number of hydrogen-bond acceptors (Lipinski definition) is 2. The first-order valence-electron chi connectivity index (χ1n) is 6.87. The van der Waals surface area contributed by atoms with Crippen LogP contribution in [-0.2, 0) is 12.6 Å². The molecule has 0 aliphatic rings. The highest BCUT2D eigenvalue weighted by atomic mass is 32.1. The van der Waals surface area contributed by atoms with Gasteiger partial charge in [-0.1, -0.05) is 18.2 Å². The van der Waals surface area contributed by atoms with Crippen LogP contribution in [0.2, 0.25) is 0 Å². The zero-order valence-corrected chi connectivity index (χ0v) is 12.6. The summed E-state index contributed by atoms with van der Waals surface area (Å²) in [6, 6.07) is 9.63. The first-order chi connectivity index (χ1) is 10.0. The van der Waals surface area contributed by atoms with Crippen molar-refractivity contribution in [2.45, 2.75) is 31.5 Å². The molecule has 0 aliphatic heterocycles. The first kappa shape index (κ1) is 16.0. The van der Waals surface area contributed by atoms with Crippen molar-refractivity contribution in [3.63, 3.8) is 0 Å². The number of alkyl halides is 3. The van der Waals surface area contributed by atoms with Crippen molar-refractivity contribution < 1.29 is 13.2 Å². The van der Waals surface area contributed by atoms with Gasteiger partial charge in [-0.3, -0.25) is 0 Å². The average molecular weight is 313 g/mol. The third-order valence-electron chi connectivity index (χ3n) is 3.46. The van der Waals surface area contributed by atoms with E-state index in [2.05, 4.69) is 11.4 Å². The Morgan fingerprint density at radius 2 is 2.00 bits per heavy atom. The summed E-state index contributed by atoms with van der Waals surface area (Å²) in [6.45, 7) is 0. The van der Waals surface area contributed by atoms with E-state index in [1.807, 2.05) is 11.4 Å². The SMILES string of the molecule is CNC(CCCc1cccs1)c1cccc(C(F)(F)F)c1. The van der Waals surface area contributed by atoms with Crippen LogP contribution in [0.25, 0.3) is 0 Å². The van der Waals surface area contributed by atoms with Gasteiger partial charge >= 0.3 is 6.18 Å². The topological polar surface area (TPSA) is 12.0 Å². The Bertz CT molecular complexity index is 549. The Balaban J connectivity index is 2.00. The molecular formula is C16H18F3NS. The molecule has 0 saturated heterocycles. The van der Waals surface area contributed by atoms with Crippen LogP contribution in [-0.4, -0.2) is 7.05 Å². The molecule has 0 bridgehead atoms. The van der Waals surface area contributed by atoms with E-state index < -0.39 is 11.7 Å². The van der Waals surface area contributed by atoms with Gasteiger partial charge in [-0.2, -0.15) is 13.2 Å². The molecule has 1 aromatic carbocycles. The largest absolute Gasteiger partial charge is 0.416 e. The summed E-state index contributed by atoms with van der Waals surface area (Å²) in [5, 5.41) is 5.15.